The normalized spacial score (nSPS) is 14.2. The van der Waals surface area contributed by atoms with E-state index in [9.17, 15) is 4.79 Å². The van der Waals surface area contributed by atoms with Crippen molar-refractivity contribution in [2.24, 2.45) is 0 Å². The molecule has 0 bridgehead atoms. The van der Waals surface area contributed by atoms with Gasteiger partial charge in [0.2, 0.25) is 0 Å². The van der Waals surface area contributed by atoms with Crippen molar-refractivity contribution in [3.05, 3.63) is 35.4 Å². The Labute approximate surface area is 124 Å². The molecule has 0 radical (unpaired) electrons. The largest absolute Gasteiger partial charge is 0.395 e. The van der Waals surface area contributed by atoms with Crippen LogP contribution in [0.15, 0.2) is 24.3 Å². The summed E-state index contributed by atoms with van der Waals surface area (Å²) in [4.78, 5) is 13.7. The van der Waals surface area contributed by atoms with E-state index in [2.05, 4.69) is 17.2 Å². The molecule has 0 unspecified atom stereocenters. The summed E-state index contributed by atoms with van der Waals surface area (Å²) in [6.45, 7) is 3.08. The molecule has 0 aromatic heterocycles. The number of rotatable bonds is 3. The van der Waals surface area contributed by atoms with Crippen LogP contribution in [0.3, 0.4) is 0 Å². The van der Waals surface area contributed by atoms with Crippen LogP contribution in [0.5, 0.6) is 0 Å². The zero-order chi connectivity index (χ0) is 14.9. The molecule has 1 aromatic carbocycles. The average molecular weight is 288 g/mol. The number of aliphatic hydroxyl groups is 1. The minimum Gasteiger partial charge on any atom is -0.395 e. The van der Waals surface area contributed by atoms with E-state index in [0.717, 1.165) is 11.1 Å². The lowest BCUT2D eigenvalue weighted by atomic mass is 10.1. The number of morpholine rings is 1. The molecule has 0 atom stereocenters. The number of nitrogens with zero attached hydrogens (tertiary/aromatic N) is 1. The number of carbonyl (C=O) groups is 1. The van der Waals surface area contributed by atoms with Crippen LogP contribution in [-0.2, 0) is 11.3 Å². The van der Waals surface area contributed by atoms with Crippen LogP contribution >= 0.6 is 0 Å². The van der Waals surface area contributed by atoms with Gasteiger partial charge in [-0.15, -0.1) is 0 Å². The molecule has 0 aliphatic carbocycles. The minimum absolute atomic E-state index is 0.0508. The van der Waals surface area contributed by atoms with Gasteiger partial charge in [0, 0.05) is 31.6 Å². The molecule has 1 heterocycles. The fraction of sp³-hybridized carbons (Fsp3) is 0.438. The molecular formula is C16H20N2O3. The molecule has 1 aromatic rings. The first-order chi connectivity index (χ1) is 10.3. The summed E-state index contributed by atoms with van der Waals surface area (Å²) in [7, 11) is 0. The first-order valence-electron chi connectivity index (χ1n) is 7.09. The van der Waals surface area contributed by atoms with Gasteiger partial charge in [-0.2, -0.15) is 0 Å². The summed E-state index contributed by atoms with van der Waals surface area (Å²) in [5.41, 5.74) is 1.94. The molecule has 2 N–H and O–H groups in total. The lowest BCUT2D eigenvalue weighted by Gasteiger charge is -2.26. The lowest BCUT2D eigenvalue weighted by Crippen LogP contribution is -2.45. The van der Waals surface area contributed by atoms with E-state index in [-0.39, 0.29) is 12.6 Å². The number of amides is 2. The van der Waals surface area contributed by atoms with E-state index in [1.807, 2.05) is 24.3 Å². The smallest absolute Gasteiger partial charge is 0.317 e. The van der Waals surface area contributed by atoms with Crippen molar-refractivity contribution in [1.82, 2.24) is 10.2 Å². The molecule has 0 saturated carbocycles. The van der Waals surface area contributed by atoms with Gasteiger partial charge in [-0.3, -0.25) is 0 Å². The summed E-state index contributed by atoms with van der Waals surface area (Å²) in [5, 5.41) is 11.6. The zero-order valence-corrected chi connectivity index (χ0v) is 12.0. The Bertz CT molecular complexity index is 511. The molecule has 21 heavy (non-hydrogen) atoms. The van der Waals surface area contributed by atoms with Gasteiger partial charge in [0.05, 0.1) is 19.8 Å². The predicted molar refractivity (Wildman–Crippen MR) is 79.7 cm³/mol. The van der Waals surface area contributed by atoms with Crippen molar-refractivity contribution in [2.75, 3.05) is 32.9 Å². The standard InChI is InChI=1S/C16H20N2O3/c19-10-2-1-3-14-4-6-15(7-5-14)13-17-16(20)18-8-11-21-12-9-18/h4-7,19H,2,8-13H2,(H,17,20). The Kier molecular flexibility index (Phi) is 6.07. The molecule has 1 aliphatic rings. The van der Waals surface area contributed by atoms with Gasteiger partial charge in [0.15, 0.2) is 0 Å². The third-order valence-electron chi connectivity index (χ3n) is 3.17. The first-order valence-corrected chi connectivity index (χ1v) is 7.09. The number of nitrogens with one attached hydrogen (secondary N) is 1. The van der Waals surface area contributed by atoms with E-state index in [4.69, 9.17) is 9.84 Å². The van der Waals surface area contributed by atoms with E-state index in [0.29, 0.717) is 39.3 Å². The second-order valence-corrected chi connectivity index (χ2v) is 4.73. The first kappa shape index (κ1) is 15.4. The molecule has 5 heteroatoms. The minimum atomic E-state index is -0.0508. The number of urea groups is 1. The summed E-state index contributed by atoms with van der Waals surface area (Å²) >= 11 is 0. The van der Waals surface area contributed by atoms with Gasteiger partial charge < -0.3 is 20.1 Å². The fourth-order valence-electron chi connectivity index (χ4n) is 1.98. The van der Waals surface area contributed by atoms with E-state index >= 15 is 0 Å². The summed E-state index contributed by atoms with van der Waals surface area (Å²) in [6, 6.07) is 7.68. The van der Waals surface area contributed by atoms with Gasteiger partial charge in [0.1, 0.15) is 0 Å². The highest BCUT2D eigenvalue weighted by atomic mass is 16.5. The van der Waals surface area contributed by atoms with Crippen molar-refractivity contribution in [1.29, 1.82) is 0 Å². The molecule has 2 rings (SSSR count). The van der Waals surface area contributed by atoms with Gasteiger partial charge >= 0.3 is 6.03 Å². The average Bonchev–Trinajstić information content (AvgIpc) is 2.55. The predicted octanol–water partition coefficient (Wildman–Crippen LogP) is 0.962. The SMILES string of the molecule is O=C(NCc1ccc(C#CCCO)cc1)N1CCOCC1. The van der Waals surface area contributed by atoms with Crippen LogP contribution < -0.4 is 5.32 Å². The zero-order valence-electron chi connectivity index (χ0n) is 12.0. The Morgan fingerprint density at radius 1 is 1.29 bits per heavy atom. The van der Waals surface area contributed by atoms with Crippen LogP contribution in [0.2, 0.25) is 0 Å². The number of benzene rings is 1. The van der Waals surface area contributed by atoms with Crippen LogP contribution in [0.4, 0.5) is 4.79 Å². The van der Waals surface area contributed by atoms with Crippen LogP contribution in [-0.4, -0.2) is 48.9 Å². The second-order valence-electron chi connectivity index (χ2n) is 4.73. The van der Waals surface area contributed by atoms with Gasteiger partial charge in [-0.25, -0.2) is 4.79 Å². The van der Waals surface area contributed by atoms with Crippen molar-refractivity contribution < 1.29 is 14.6 Å². The Hall–Kier alpha value is -2.03. The maximum absolute atomic E-state index is 11.9. The number of aliphatic hydroxyl groups excluding tert-OH is 1. The van der Waals surface area contributed by atoms with Crippen molar-refractivity contribution in [2.45, 2.75) is 13.0 Å². The summed E-state index contributed by atoms with van der Waals surface area (Å²) < 4.78 is 5.22. The Morgan fingerprint density at radius 3 is 2.67 bits per heavy atom. The maximum Gasteiger partial charge on any atom is 0.317 e. The second kappa shape index (κ2) is 8.30. The van der Waals surface area contributed by atoms with Crippen molar-refractivity contribution in [3.8, 4) is 11.8 Å². The fourth-order valence-corrected chi connectivity index (χ4v) is 1.98. The molecule has 1 saturated heterocycles. The van der Waals surface area contributed by atoms with Gasteiger partial charge in [0.25, 0.3) is 0 Å². The van der Waals surface area contributed by atoms with Crippen LogP contribution in [0.25, 0.3) is 0 Å². The molecule has 112 valence electrons. The van der Waals surface area contributed by atoms with Gasteiger partial charge in [-0.1, -0.05) is 24.0 Å². The highest BCUT2D eigenvalue weighted by molar-refractivity contribution is 5.74. The van der Waals surface area contributed by atoms with Crippen LogP contribution in [0, 0.1) is 11.8 Å². The Morgan fingerprint density at radius 2 is 2.00 bits per heavy atom. The molecule has 1 aliphatic heterocycles. The topological polar surface area (TPSA) is 61.8 Å². The maximum atomic E-state index is 11.9. The van der Waals surface area contributed by atoms with Crippen molar-refractivity contribution >= 4 is 6.03 Å². The lowest BCUT2D eigenvalue weighted by molar-refractivity contribution is 0.0531. The third-order valence-corrected chi connectivity index (χ3v) is 3.17. The number of hydrogen-bond donors (Lipinski definition) is 2. The molecular weight excluding hydrogens is 268 g/mol. The van der Waals surface area contributed by atoms with E-state index < -0.39 is 0 Å². The summed E-state index contributed by atoms with van der Waals surface area (Å²) in [6.07, 6.45) is 0.483. The quantitative estimate of drug-likeness (QED) is 0.815. The van der Waals surface area contributed by atoms with Crippen molar-refractivity contribution in [3.63, 3.8) is 0 Å². The van der Waals surface area contributed by atoms with Gasteiger partial charge in [-0.05, 0) is 17.7 Å². The van der Waals surface area contributed by atoms with E-state index in [1.165, 1.54) is 0 Å². The number of ether oxygens (including phenoxy) is 1. The summed E-state index contributed by atoms with van der Waals surface area (Å²) in [5.74, 6) is 5.85. The number of carbonyl (C=O) groups excluding carboxylic acids is 1. The third kappa shape index (κ3) is 5.10. The molecule has 0 spiro atoms. The molecule has 1 fully saturated rings. The Balaban J connectivity index is 1.80. The molecule has 5 nitrogen and oxygen atoms in total. The monoisotopic (exact) mass is 288 g/mol. The highest BCUT2D eigenvalue weighted by Crippen LogP contribution is 2.04. The number of hydrogen-bond acceptors (Lipinski definition) is 3. The molecule has 2 amide bonds. The van der Waals surface area contributed by atoms with Crippen LogP contribution in [0.1, 0.15) is 17.5 Å². The highest BCUT2D eigenvalue weighted by Gasteiger charge is 2.15. The van der Waals surface area contributed by atoms with E-state index in [1.54, 1.807) is 4.90 Å².